The molecule has 0 saturated heterocycles. The highest BCUT2D eigenvalue weighted by Gasteiger charge is 2.48. The van der Waals surface area contributed by atoms with E-state index in [9.17, 15) is 0 Å². The van der Waals surface area contributed by atoms with E-state index in [-0.39, 0.29) is 28.5 Å². The summed E-state index contributed by atoms with van der Waals surface area (Å²) in [4.78, 5) is 2.61. The van der Waals surface area contributed by atoms with Crippen molar-refractivity contribution in [1.29, 1.82) is 0 Å². The Labute approximate surface area is 336 Å². The molecule has 12 rings (SSSR count). The molecule has 0 spiro atoms. The first-order valence-corrected chi connectivity index (χ1v) is 21.3. The minimum atomic E-state index is -0.138. The Balaban J connectivity index is 1.26. The van der Waals surface area contributed by atoms with Crippen LogP contribution in [0.25, 0.3) is 54.7 Å². The maximum Gasteiger partial charge on any atom is 0.376 e. The molecule has 4 heterocycles. The van der Waals surface area contributed by atoms with Crippen molar-refractivity contribution >= 4 is 78.6 Å². The minimum absolute atomic E-state index is 0.0667. The van der Waals surface area contributed by atoms with Crippen LogP contribution in [0.3, 0.4) is 0 Å². The number of aromatic nitrogens is 1. The van der Waals surface area contributed by atoms with E-state index in [0.29, 0.717) is 0 Å². The Morgan fingerprint density at radius 2 is 1.19 bits per heavy atom. The van der Waals surface area contributed by atoms with Crippen molar-refractivity contribution < 1.29 is 4.42 Å². The van der Waals surface area contributed by atoms with Crippen LogP contribution in [-0.4, -0.2) is 11.3 Å². The number of hydrogen-bond donors (Lipinski definition) is 0. The molecule has 4 heteroatoms. The highest BCUT2D eigenvalue weighted by Crippen LogP contribution is 2.54. The van der Waals surface area contributed by atoms with Gasteiger partial charge >= 0.3 is 6.85 Å². The molecule has 0 radical (unpaired) electrons. The highest BCUT2D eigenvalue weighted by molar-refractivity contribution is 6.89. The lowest BCUT2D eigenvalue weighted by Gasteiger charge is -2.43. The van der Waals surface area contributed by atoms with Crippen LogP contribution in [0.15, 0.2) is 101 Å². The third-order valence-electron chi connectivity index (χ3n) is 15.3. The summed E-state index contributed by atoms with van der Waals surface area (Å²) >= 11 is 0. The molecule has 8 aromatic rings. The van der Waals surface area contributed by atoms with Gasteiger partial charge in [0.15, 0.2) is 0 Å². The van der Waals surface area contributed by atoms with Gasteiger partial charge < -0.3 is 13.8 Å². The molecule has 0 saturated carbocycles. The van der Waals surface area contributed by atoms with Crippen molar-refractivity contribution in [3.05, 3.63) is 125 Å². The van der Waals surface area contributed by atoms with Crippen LogP contribution in [0.5, 0.6) is 0 Å². The minimum Gasteiger partial charge on any atom is -0.466 e. The fourth-order valence-electron chi connectivity index (χ4n) is 11.9. The van der Waals surface area contributed by atoms with Crippen molar-refractivity contribution in [3.8, 4) is 11.1 Å². The lowest BCUT2D eigenvalue weighted by atomic mass is 9.47. The van der Waals surface area contributed by atoms with E-state index >= 15 is 0 Å². The monoisotopic (exact) mass is 742 g/mol. The number of hydrogen-bond acceptors (Lipinski definition) is 2. The lowest BCUT2D eigenvalue weighted by molar-refractivity contribution is 0.332. The summed E-state index contributed by atoms with van der Waals surface area (Å²) in [5.41, 5.74) is 19.8. The summed E-state index contributed by atoms with van der Waals surface area (Å²) in [6, 6.07) is 37.8. The summed E-state index contributed by atoms with van der Waals surface area (Å²) < 4.78 is 10.2. The average Bonchev–Trinajstić information content (AvgIpc) is 3.73. The Morgan fingerprint density at radius 3 is 1.95 bits per heavy atom. The van der Waals surface area contributed by atoms with E-state index in [1.54, 1.807) is 0 Å². The van der Waals surface area contributed by atoms with Gasteiger partial charge in [-0.25, -0.2) is 0 Å². The van der Waals surface area contributed by atoms with E-state index in [1.165, 1.54) is 125 Å². The van der Waals surface area contributed by atoms with Crippen LogP contribution < -0.4 is 16.0 Å². The summed E-state index contributed by atoms with van der Waals surface area (Å²) in [5, 5.41) is 6.38. The molecule has 2 aliphatic carbocycles. The van der Waals surface area contributed by atoms with Crippen LogP contribution in [0.4, 0.5) is 17.1 Å². The smallest absolute Gasteiger partial charge is 0.376 e. The van der Waals surface area contributed by atoms with Gasteiger partial charge in [-0.15, -0.1) is 0 Å². The molecule has 0 amide bonds. The number of rotatable bonds is 1. The predicted molar refractivity (Wildman–Crippen MR) is 243 cm³/mol. The first-order valence-electron chi connectivity index (χ1n) is 21.3. The zero-order chi connectivity index (χ0) is 39.1. The largest absolute Gasteiger partial charge is 0.466 e. The van der Waals surface area contributed by atoms with Crippen LogP contribution in [-0.2, 0) is 21.7 Å². The normalized spacial score (nSPS) is 19.2. The number of nitrogens with zero attached hydrogens (tertiary/aromatic N) is 2. The molecular weight excluding hydrogens is 691 g/mol. The molecule has 0 atom stereocenters. The fraction of sp³-hybridized carbons (Fsp3) is 0.321. The van der Waals surface area contributed by atoms with Gasteiger partial charge in [0.05, 0.1) is 5.69 Å². The number of fused-ring (bicyclic) bond motifs is 13. The molecule has 282 valence electrons. The Morgan fingerprint density at radius 1 is 0.544 bits per heavy atom. The first kappa shape index (κ1) is 33.9. The third-order valence-corrected chi connectivity index (χ3v) is 15.3. The predicted octanol–water partition coefficient (Wildman–Crippen LogP) is 13.1. The number of furan rings is 1. The molecule has 2 aliphatic heterocycles. The van der Waals surface area contributed by atoms with Gasteiger partial charge in [0, 0.05) is 49.5 Å². The van der Waals surface area contributed by atoms with Crippen LogP contribution >= 0.6 is 0 Å². The Bertz CT molecular complexity index is 3110. The lowest BCUT2D eigenvalue weighted by Crippen LogP contribution is -2.56. The zero-order valence-electron chi connectivity index (χ0n) is 34.9. The standard InChI is InChI=1S/C53H51BN2O/c1-30-25-37-35-16-12-15-34-36-19-17-31-13-10-11-14-33(31)46(36)56(47(34)35)54-45(37)43(26-30)55(32-18-20-39-40(27-32)51(4,5)22-21-50(39,2)3)48-38-28-41-42(29-44(38)57-49(48)54)53(8,9)24-23-52(41,6)7/h10-20,25-29H,21-24H2,1-9H3. The number of para-hydroxylation sites is 1. The molecule has 0 fully saturated rings. The van der Waals surface area contributed by atoms with Gasteiger partial charge in [0.25, 0.3) is 0 Å². The van der Waals surface area contributed by atoms with Crippen molar-refractivity contribution in [1.82, 2.24) is 4.48 Å². The second-order valence-electron chi connectivity index (χ2n) is 20.7. The SMILES string of the molecule is Cc1cc2c3c(c1)N(c1ccc4c(c1)C(C)(C)CCC4(C)C)c1c(oc4cc5c(cc14)C(C)(C)CCC5(C)C)B3n1c3c-2cccc3c2ccc3ccccc3c21. The topological polar surface area (TPSA) is 21.3 Å². The Hall–Kier alpha value is -5.22. The van der Waals surface area contributed by atoms with Gasteiger partial charge in [-0.2, -0.15) is 0 Å². The fourth-order valence-corrected chi connectivity index (χ4v) is 11.9. The second kappa shape index (κ2) is 10.6. The first-order chi connectivity index (χ1) is 27.1. The molecule has 4 aliphatic rings. The molecule has 0 N–H and O–H groups in total. The molecular formula is C53H51BN2O. The van der Waals surface area contributed by atoms with Gasteiger partial charge in [0.1, 0.15) is 11.2 Å². The zero-order valence-corrected chi connectivity index (χ0v) is 34.9. The molecule has 0 unspecified atom stereocenters. The average molecular weight is 743 g/mol. The molecule has 2 aromatic heterocycles. The maximum absolute atomic E-state index is 7.55. The summed E-state index contributed by atoms with van der Waals surface area (Å²) in [6.45, 7) is 21.6. The van der Waals surface area contributed by atoms with E-state index in [0.717, 1.165) is 11.2 Å². The van der Waals surface area contributed by atoms with Crippen molar-refractivity contribution in [2.24, 2.45) is 0 Å². The van der Waals surface area contributed by atoms with Crippen LogP contribution in [0, 0.1) is 6.92 Å². The summed E-state index contributed by atoms with van der Waals surface area (Å²) in [6.07, 6.45) is 4.71. The molecule has 0 bridgehead atoms. The van der Waals surface area contributed by atoms with Crippen LogP contribution in [0.2, 0.25) is 0 Å². The van der Waals surface area contributed by atoms with Crippen molar-refractivity contribution in [3.63, 3.8) is 0 Å². The summed E-state index contributed by atoms with van der Waals surface area (Å²) in [5.74, 6) is 0. The molecule has 57 heavy (non-hydrogen) atoms. The maximum atomic E-state index is 7.55. The highest BCUT2D eigenvalue weighted by atomic mass is 16.3. The van der Waals surface area contributed by atoms with Gasteiger partial charge in [-0.3, -0.25) is 0 Å². The molecule has 6 aromatic carbocycles. The van der Waals surface area contributed by atoms with Crippen LogP contribution in [0.1, 0.15) is 109 Å². The number of anilines is 3. The summed E-state index contributed by atoms with van der Waals surface area (Å²) in [7, 11) is 0. The van der Waals surface area contributed by atoms with Gasteiger partial charge in [0.2, 0.25) is 0 Å². The Kier molecular flexibility index (Phi) is 6.32. The number of aryl methyl sites for hydroxylation is 1. The third kappa shape index (κ3) is 4.29. The second-order valence-corrected chi connectivity index (χ2v) is 20.7. The number of benzene rings is 6. The molecule has 3 nitrogen and oxygen atoms in total. The van der Waals surface area contributed by atoms with E-state index in [1.807, 2.05) is 0 Å². The van der Waals surface area contributed by atoms with Crippen molar-refractivity contribution in [2.45, 2.75) is 110 Å². The van der Waals surface area contributed by atoms with Gasteiger partial charge in [-0.05, 0) is 129 Å². The quantitative estimate of drug-likeness (QED) is 0.156. The van der Waals surface area contributed by atoms with E-state index in [2.05, 4.69) is 169 Å². The van der Waals surface area contributed by atoms with Gasteiger partial charge in [-0.1, -0.05) is 122 Å². The van der Waals surface area contributed by atoms with E-state index in [4.69, 9.17) is 4.42 Å². The van der Waals surface area contributed by atoms with E-state index < -0.39 is 0 Å². The van der Waals surface area contributed by atoms with Crippen molar-refractivity contribution in [2.75, 3.05) is 4.90 Å².